The largest absolute Gasteiger partial charge is 0.474 e. The zero-order valence-electron chi connectivity index (χ0n) is 18.4. The molecule has 1 saturated heterocycles. The normalized spacial score (nSPS) is 23.1. The number of anilines is 1. The van der Waals surface area contributed by atoms with Gasteiger partial charge in [-0.3, -0.25) is 0 Å². The van der Waals surface area contributed by atoms with Crippen molar-refractivity contribution in [2.24, 2.45) is 11.8 Å². The summed E-state index contributed by atoms with van der Waals surface area (Å²) in [5.74, 6) is 0.340. The van der Waals surface area contributed by atoms with E-state index in [0.29, 0.717) is 18.9 Å². The first kappa shape index (κ1) is 24.6. The number of aromatic nitrogens is 3. The first-order valence-corrected chi connectivity index (χ1v) is 10.6. The molecule has 4 rings (SSSR count). The van der Waals surface area contributed by atoms with Gasteiger partial charge >= 0.3 is 12.4 Å². The highest BCUT2D eigenvalue weighted by Crippen LogP contribution is 2.41. The molecule has 1 saturated carbocycles. The Hall–Kier alpha value is -2.54. The SMILES string of the molecule is COC(Cn1nc(C(F)(F)F)cc1OC1[C@@H]2CC[C@@H]1CN(c1ccc(C(F)(F)F)cn1)C2)OC. The first-order chi connectivity index (χ1) is 16.0. The van der Waals surface area contributed by atoms with Crippen molar-refractivity contribution < 1.29 is 40.6 Å². The van der Waals surface area contributed by atoms with Crippen molar-refractivity contribution in [3.05, 3.63) is 35.7 Å². The topological polar surface area (TPSA) is 61.6 Å². The number of piperidine rings is 1. The van der Waals surface area contributed by atoms with Crippen molar-refractivity contribution in [1.82, 2.24) is 14.8 Å². The highest BCUT2D eigenvalue weighted by atomic mass is 19.4. The van der Waals surface area contributed by atoms with Gasteiger partial charge in [-0.05, 0) is 25.0 Å². The maximum Gasteiger partial charge on any atom is 0.435 e. The van der Waals surface area contributed by atoms with Gasteiger partial charge in [-0.2, -0.15) is 31.4 Å². The fraction of sp³-hybridized carbons (Fsp3) is 0.619. The molecular formula is C21H24F6N4O3. The maximum atomic E-state index is 13.3. The van der Waals surface area contributed by atoms with E-state index in [2.05, 4.69) is 10.1 Å². The molecule has 7 nitrogen and oxygen atoms in total. The molecule has 188 valence electrons. The molecule has 0 N–H and O–H groups in total. The molecule has 0 amide bonds. The van der Waals surface area contributed by atoms with Crippen molar-refractivity contribution in [1.29, 1.82) is 0 Å². The standard InChI is InChI=1S/C21H24F6N4O3/c1-32-18(33-2)11-31-17(7-15(29-31)21(25,26)27)34-19-12-3-4-13(19)10-30(9-12)16-6-5-14(8-28-16)20(22,23)24/h5-8,12-13,18-19H,3-4,9-11H2,1-2H3/t12-,13-/m1/s1. The molecule has 3 heterocycles. The average Bonchev–Trinajstić information content (AvgIpc) is 3.28. The number of fused-ring (bicyclic) bond motifs is 2. The zero-order valence-corrected chi connectivity index (χ0v) is 18.4. The van der Waals surface area contributed by atoms with Crippen molar-refractivity contribution in [3.63, 3.8) is 0 Å². The van der Waals surface area contributed by atoms with Crippen LogP contribution in [0.3, 0.4) is 0 Å². The molecule has 2 fully saturated rings. The van der Waals surface area contributed by atoms with Crippen LogP contribution in [0, 0.1) is 11.8 Å². The van der Waals surface area contributed by atoms with Gasteiger partial charge in [0, 0.05) is 51.4 Å². The van der Waals surface area contributed by atoms with E-state index in [0.717, 1.165) is 35.9 Å². The van der Waals surface area contributed by atoms with Crippen LogP contribution in [0.2, 0.25) is 0 Å². The highest BCUT2D eigenvalue weighted by Gasteiger charge is 2.45. The molecule has 13 heteroatoms. The van der Waals surface area contributed by atoms with Crippen LogP contribution in [0.15, 0.2) is 24.4 Å². The predicted octanol–water partition coefficient (Wildman–Crippen LogP) is 4.23. The molecule has 1 aliphatic heterocycles. The quantitative estimate of drug-likeness (QED) is 0.424. The summed E-state index contributed by atoms with van der Waals surface area (Å²) in [5.41, 5.74) is -1.90. The molecule has 2 atom stereocenters. The van der Waals surface area contributed by atoms with Gasteiger partial charge in [-0.25, -0.2) is 9.67 Å². The van der Waals surface area contributed by atoms with Gasteiger partial charge in [0.1, 0.15) is 11.9 Å². The summed E-state index contributed by atoms with van der Waals surface area (Å²) in [6, 6.07) is 3.20. The summed E-state index contributed by atoms with van der Waals surface area (Å²) in [7, 11) is 2.74. The highest BCUT2D eigenvalue weighted by molar-refractivity contribution is 5.41. The summed E-state index contributed by atoms with van der Waals surface area (Å²) in [4.78, 5) is 5.86. The minimum Gasteiger partial charge on any atom is -0.474 e. The number of ether oxygens (including phenoxy) is 3. The van der Waals surface area contributed by atoms with Gasteiger partial charge in [-0.15, -0.1) is 0 Å². The molecular weight excluding hydrogens is 470 g/mol. The van der Waals surface area contributed by atoms with Gasteiger partial charge in [0.15, 0.2) is 12.0 Å². The van der Waals surface area contributed by atoms with Crippen molar-refractivity contribution in [2.45, 2.75) is 44.1 Å². The smallest absolute Gasteiger partial charge is 0.435 e. The van der Waals surface area contributed by atoms with Crippen LogP contribution < -0.4 is 9.64 Å². The zero-order chi connectivity index (χ0) is 24.7. The van der Waals surface area contributed by atoms with Gasteiger partial charge in [-0.1, -0.05) is 0 Å². The van der Waals surface area contributed by atoms with E-state index in [1.165, 1.54) is 20.3 Å². The second-order valence-corrected chi connectivity index (χ2v) is 8.44. The van der Waals surface area contributed by atoms with Crippen LogP contribution >= 0.6 is 0 Å². The van der Waals surface area contributed by atoms with E-state index in [4.69, 9.17) is 14.2 Å². The van der Waals surface area contributed by atoms with E-state index >= 15 is 0 Å². The van der Waals surface area contributed by atoms with Crippen LogP contribution in [-0.4, -0.2) is 54.5 Å². The van der Waals surface area contributed by atoms with Gasteiger partial charge in [0.05, 0.1) is 12.1 Å². The van der Waals surface area contributed by atoms with Crippen LogP contribution in [-0.2, 0) is 28.4 Å². The molecule has 0 spiro atoms. The maximum absolute atomic E-state index is 13.3. The fourth-order valence-corrected chi connectivity index (χ4v) is 4.58. The molecule has 0 radical (unpaired) electrons. The van der Waals surface area contributed by atoms with Crippen LogP contribution in [0.4, 0.5) is 32.2 Å². The van der Waals surface area contributed by atoms with Gasteiger partial charge < -0.3 is 19.1 Å². The molecule has 2 aromatic rings. The summed E-state index contributed by atoms with van der Waals surface area (Å²) in [6.45, 7) is 0.846. The third-order valence-corrected chi connectivity index (χ3v) is 6.28. The first-order valence-electron chi connectivity index (χ1n) is 10.6. The Labute approximate surface area is 191 Å². The van der Waals surface area contributed by atoms with E-state index in [1.807, 2.05) is 4.90 Å². The molecule has 1 aliphatic carbocycles. The number of hydrogen-bond donors (Lipinski definition) is 0. The number of rotatable bonds is 7. The van der Waals surface area contributed by atoms with Gasteiger partial charge in [0.25, 0.3) is 0 Å². The lowest BCUT2D eigenvalue weighted by molar-refractivity contribution is -0.142. The molecule has 2 aliphatic rings. The lowest BCUT2D eigenvalue weighted by Gasteiger charge is -2.38. The Bertz CT molecular complexity index is 960. The van der Waals surface area contributed by atoms with E-state index in [9.17, 15) is 26.3 Å². The van der Waals surface area contributed by atoms with Crippen molar-refractivity contribution in [2.75, 3.05) is 32.2 Å². The number of halogens is 6. The summed E-state index contributed by atoms with van der Waals surface area (Å²) >= 11 is 0. The number of methoxy groups -OCH3 is 2. The minimum atomic E-state index is -4.64. The van der Waals surface area contributed by atoms with Crippen LogP contribution in [0.1, 0.15) is 24.1 Å². The van der Waals surface area contributed by atoms with Crippen molar-refractivity contribution >= 4 is 5.82 Å². The number of nitrogens with zero attached hydrogens (tertiary/aromatic N) is 4. The van der Waals surface area contributed by atoms with Gasteiger partial charge in [0.2, 0.25) is 5.88 Å². The Balaban J connectivity index is 1.50. The minimum absolute atomic E-state index is 0.0267. The number of alkyl halides is 6. The lowest BCUT2D eigenvalue weighted by Crippen LogP contribution is -2.47. The Morgan fingerprint density at radius 1 is 1.00 bits per heavy atom. The Morgan fingerprint density at radius 2 is 1.65 bits per heavy atom. The molecule has 2 bridgehead atoms. The second kappa shape index (κ2) is 9.25. The molecule has 2 aromatic heterocycles. The van der Waals surface area contributed by atoms with Crippen molar-refractivity contribution in [3.8, 4) is 5.88 Å². The van der Waals surface area contributed by atoms with Crippen LogP contribution in [0.25, 0.3) is 0 Å². The summed E-state index contributed by atoms with van der Waals surface area (Å²) in [6.07, 6.45) is -7.90. The average molecular weight is 494 g/mol. The third-order valence-electron chi connectivity index (χ3n) is 6.28. The summed E-state index contributed by atoms with van der Waals surface area (Å²) in [5, 5.41) is 3.64. The Morgan fingerprint density at radius 3 is 2.15 bits per heavy atom. The van der Waals surface area contributed by atoms with Crippen LogP contribution in [0.5, 0.6) is 5.88 Å². The third kappa shape index (κ3) is 5.09. The molecule has 0 aromatic carbocycles. The summed E-state index contributed by atoms with van der Waals surface area (Å²) < 4.78 is 95.7. The second-order valence-electron chi connectivity index (χ2n) is 8.44. The fourth-order valence-electron chi connectivity index (χ4n) is 4.58. The van der Waals surface area contributed by atoms with E-state index in [-0.39, 0.29) is 30.4 Å². The molecule has 34 heavy (non-hydrogen) atoms. The lowest BCUT2D eigenvalue weighted by atomic mass is 9.94. The Kier molecular flexibility index (Phi) is 6.69. The monoisotopic (exact) mass is 494 g/mol. The van der Waals surface area contributed by atoms with E-state index in [1.54, 1.807) is 0 Å². The van der Waals surface area contributed by atoms with E-state index < -0.39 is 29.9 Å². The number of hydrogen-bond acceptors (Lipinski definition) is 6. The predicted molar refractivity (Wildman–Crippen MR) is 107 cm³/mol. The number of pyridine rings is 1. The molecule has 0 unspecified atom stereocenters.